The van der Waals surface area contributed by atoms with Crippen molar-refractivity contribution in [3.05, 3.63) is 29.3 Å². The van der Waals surface area contributed by atoms with Crippen molar-refractivity contribution in [3.8, 4) is 0 Å². The predicted octanol–water partition coefficient (Wildman–Crippen LogP) is 4.48. The molecule has 0 aliphatic heterocycles. The average molecular weight is 306 g/mol. The highest BCUT2D eigenvalue weighted by atomic mass is 79.9. The van der Waals surface area contributed by atoms with Crippen molar-refractivity contribution in [3.63, 3.8) is 0 Å². The molecule has 0 atom stereocenters. The van der Waals surface area contributed by atoms with Gasteiger partial charge in [0.15, 0.2) is 0 Å². The topological polar surface area (TPSA) is 3.24 Å². The van der Waals surface area contributed by atoms with E-state index in [0.29, 0.717) is 10.9 Å². The first-order valence-corrected chi connectivity index (χ1v) is 6.73. The van der Waals surface area contributed by atoms with Crippen LogP contribution in [0.4, 0.5) is 14.5 Å². The summed E-state index contributed by atoms with van der Waals surface area (Å²) in [5.74, 6) is -1.02. The zero-order valence-corrected chi connectivity index (χ0v) is 12.2. The molecule has 1 nitrogen and oxygen atoms in total. The zero-order valence-electron chi connectivity index (χ0n) is 10.7. The first-order valence-electron chi connectivity index (χ1n) is 5.61. The molecular weight excluding hydrogens is 288 g/mol. The Bertz CT molecular complexity index is 381. The molecule has 0 spiro atoms. The lowest BCUT2D eigenvalue weighted by Gasteiger charge is -2.37. The Morgan fingerprint density at radius 1 is 1.24 bits per heavy atom. The molecule has 0 saturated heterocycles. The molecule has 0 unspecified atom stereocenters. The van der Waals surface area contributed by atoms with Gasteiger partial charge in [-0.25, -0.2) is 8.78 Å². The van der Waals surface area contributed by atoms with Crippen molar-refractivity contribution in [1.82, 2.24) is 0 Å². The molecule has 1 aromatic rings. The van der Waals surface area contributed by atoms with Crippen LogP contribution in [0.1, 0.15) is 32.8 Å². The fourth-order valence-corrected chi connectivity index (χ4v) is 1.88. The molecule has 0 aliphatic carbocycles. The minimum atomic E-state index is -0.511. The van der Waals surface area contributed by atoms with Crippen LogP contribution in [0.3, 0.4) is 0 Å². The summed E-state index contributed by atoms with van der Waals surface area (Å²) >= 11 is 3.19. The van der Waals surface area contributed by atoms with Gasteiger partial charge in [0, 0.05) is 17.9 Å². The Balaban J connectivity index is 3.23. The van der Waals surface area contributed by atoms with Crippen molar-refractivity contribution in [2.24, 2.45) is 0 Å². The van der Waals surface area contributed by atoms with Gasteiger partial charge in [0.2, 0.25) is 0 Å². The van der Waals surface area contributed by atoms with Gasteiger partial charge in [-0.3, -0.25) is 0 Å². The quantitative estimate of drug-likeness (QED) is 0.741. The van der Waals surface area contributed by atoms with Crippen molar-refractivity contribution >= 4 is 21.6 Å². The molecule has 1 rings (SSSR count). The van der Waals surface area contributed by atoms with Crippen molar-refractivity contribution < 1.29 is 8.78 Å². The van der Waals surface area contributed by atoms with Crippen LogP contribution in [0.2, 0.25) is 0 Å². The van der Waals surface area contributed by atoms with Gasteiger partial charge in [-0.1, -0.05) is 22.9 Å². The largest absolute Gasteiger partial charge is 0.365 e. The van der Waals surface area contributed by atoms with E-state index in [2.05, 4.69) is 15.9 Å². The maximum absolute atomic E-state index is 13.9. The van der Waals surface area contributed by atoms with Crippen LogP contribution in [0, 0.1) is 11.6 Å². The van der Waals surface area contributed by atoms with Gasteiger partial charge in [0.1, 0.15) is 17.3 Å². The highest BCUT2D eigenvalue weighted by Crippen LogP contribution is 2.31. The number of hydrogen-bond acceptors (Lipinski definition) is 1. The zero-order chi connectivity index (χ0) is 13.2. The SMILES string of the molecule is CCC(C)(C)N(C)c1c(F)cc(CBr)cc1F. The number of hydrogen-bond donors (Lipinski definition) is 0. The second-order valence-corrected chi connectivity index (χ2v) is 5.33. The Hall–Kier alpha value is -0.640. The molecule has 0 radical (unpaired) electrons. The van der Waals surface area contributed by atoms with Crippen molar-refractivity contribution in [2.45, 2.75) is 38.1 Å². The molecular formula is C13H18BrF2N. The van der Waals surface area contributed by atoms with E-state index in [9.17, 15) is 8.78 Å². The number of halogens is 3. The van der Waals surface area contributed by atoms with Crippen molar-refractivity contribution in [1.29, 1.82) is 0 Å². The Kier molecular flexibility index (Phi) is 4.53. The van der Waals surface area contributed by atoms with Crippen LogP contribution in [-0.2, 0) is 5.33 Å². The Labute approximate surface area is 110 Å². The number of nitrogens with zero attached hydrogens (tertiary/aromatic N) is 1. The van der Waals surface area contributed by atoms with Crippen LogP contribution < -0.4 is 4.90 Å². The lowest BCUT2D eigenvalue weighted by molar-refractivity contribution is 0.451. The van der Waals surface area contributed by atoms with Crippen LogP contribution in [-0.4, -0.2) is 12.6 Å². The summed E-state index contributed by atoms with van der Waals surface area (Å²) in [6.07, 6.45) is 0.808. The van der Waals surface area contributed by atoms with Crippen molar-refractivity contribution in [2.75, 3.05) is 11.9 Å². The van der Waals surface area contributed by atoms with Gasteiger partial charge < -0.3 is 4.90 Å². The van der Waals surface area contributed by atoms with E-state index in [1.165, 1.54) is 12.1 Å². The van der Waals surface area contributed by atoms with Crippen LogP contribution in [0.5, 0.6) is 0 Å². The summed E-state index contributed by atoms with van der Waals surface area (Å²) in [6, 6.07) is 2.74. The second kappa shape index (κ2) is 5.34. The highest BCUT2D eigenvalue weighted by Gasteiger charge is 2.26. The summed E-state index contributed by atoms with van der Waals surface area (Å²) in [5, 5.41) is 0.446. The van der Waals surface area contributed by atoms with Gasteiger partial charge in [0.05, 0.1) is 0 Å². The Morgan fingerprint density at radius 3 is 2.06 bits per heavy atom. The maximum atomic E-state index is 13.9. The lowest BCUT2D eigenvalue weighted by Crippen LogP contribution is -2.41. The molecule has 0 aromatic heterocycles. The van der Waals surface area contributed by atoms with E-state index in [-0.39, 0.29) is 11.2 Å². The predicted molar refractivity (Wildman–Crippen MR) is 71.8 cm³/mol. The van der Waals surface area contributed by atoms with E-state index >= 15 is 0 Å². The van der Waals surface area contributed by atoms with E-state index in [4.69, 9.17) is 0 Å². The van der Waals surface area contributed by atoms with E-state index in [0.717, 1.165) is 6.42 Å². The van der Waals surface area contributed by atoms with Crippen LogP contribution >= 0.6 is 15.9 Å². The van der Waals surface area contributed by atoms with Gasteiger partial charge in [-0.2, -0.15) is 0 Å². The molecule has 0 heterocycles. The van der Waals surface area contributed by atoms with Gasteiger partial charge in [-0.15, -0.1) is 0 Å². The van der Waals surface area contributed by atoms with Gasteiger partial charge >= 0.3 is 0 Å². The molecule has 17 heavy (non-hydrogen) atoms. The smallest absolute Gasteiger partial charge is 0.149 e. The molecule has 0 saturated carbocycles. The highest BCUT2D eigenvalue weighted by molar-refractivity contribution is 9.08. The molecule has 0 amide bonds. The maximum Gasteiger partial charge on any atom is 0.149 e. The molecule has 96 valence electrons. The molecule has 0 fully saturated rings. The molecule has 0 bridgehead atoms. The summed E-state index contributed by atoms with van der Waals surface area (Å²) in [5.41, 5.74) is 0.366. The Morgan fingerprint density at radius 2 is 1.71 bits per heavy atom. The number of anilines is 1. The fraction of sp³-hybridized carbons (Fsp3) is 0.538. The molecule has 0 aliphatic rings. The minimum absolute atomic E-state index is 0.0431. The standard InChI is InChI=1S/C13H18BrF2N/c1-5-13(2,3)17(4)12-10(15)6-9(8-14)7-11(12)16/h6-7H,5,8H2,1-4H3. The minimum Gasteiger partial charge on any atom is -0.365 e. The third-order valence-electron chi connectivity index (χ3n) is 3.34. The van der Waals surface area contributed by atoms with Gasteiger partial charge in [0.25, 0.3) is 0 Å². The van der Waals surface area contributed by atoms with E-state index in [1.54, 1.807) is 11.9 Å². The van der Waals surface area contributed by atoms with E-state index < -0.39 is 11.6 Å². The number of rotatable bonds is 4. The third-order valence-corrected chi connectivity index (χ3v) is 3.99. The number of alkyl halides is 1. The molecule has 1 aromatic carbocycles. The summed E-state index contributed by atoms with van der Waals surface area (Å²) in [6.45, 7) is 5.92. The average Bonchev–Trinajstić information content (AvgIpc) is 2.27. The van der Waals surface area contributed by atoms with Crippen LogP contribution in [0.15, 0.2) is 12.1 Å². The van der Waals surface area contributed by atoms with Gasteiger partial charge in [-0.05, 0) is 38.0 Å². The third kappa shape index (κ3) is 2.97. The number of benzene rings is 1. The summed E-state index contributed by atoms with van der Waals surface area (Å²) < 4.78 is 27.8. The lowest BCUT2D eigenvalue weighted by atomic mass is 9.98. The second-order valence-electron chi connectivity index (χ2n) is 4.77. The summed E-state index contributed by atoms with van der Waals surface area (Å²) in [4.78, 5) is 1.66. The normalized spacial score (nSPS) is 11.7. The van der Waals surface area contributed by atoms with Crippen LogP contribution in [0.25, 0.3) is 0 Å². The summed E-state index contributed by atoms with van der Waals surface area (Å²) in [7, 11) is 1.72. The first-order chi connectivity index (χ1) is 7.83. The van der Waals surface area contributed by atoms with E-state index in [1.807, 2.05) is 20.8 Å². The fourth-order valence-electron chi connectivity index (χ4n) is 1.56. The first kappa shape index (κ1) is 14.4. The molecule has 4 heteroatoms. The molecule has 0 N–H and O–H groups in total. The monoisotopic (exact) mass is 305 g/mol.